The van der Waals surface area contributed by atoms with E-state index < -0.39 is 0 Å². The van der Waals surface area contributed by atoms with Crippen molar-refractivity contribution in [3.8, 4) is 16.9 Å². The van der Waals surface area contributed by atoms with Crippen LogP contribution in [0, 0.1) is 17.3 Å². The van der Waals surface area contributed by atoms with Gasteiger partial charge in [0.25, 0.3) is 0 Å². The standard InChI is InChI=1S/C30H31ClN4O3S.ClH/c1-29(2)23-24(29)28(37)35(27(23)36)15-18-12-21-26(39-18)19(4-7-32-21)20-10-16(31)11-22-25(20)34(8-9-38-22)17-13-30(33-14-17)5-3-6-30;/h4,7,10-12,17,23-24,33H,3,5-6,8-9,13-15H2,1-2H3;1H/t17-,23?,24?;/m0./s1. The molecule has 7 nitrogen and oxygen atoms in total. The van der Waals surface area contributed by atoms with Crippen molar-refractivity contribution in [2.45, 2.75) is 57.7 Å². The Kier molecular flexibility index (Phi) is 6.00. The molecule has 2 saturated heterocycles. The van der Waals surface area contributed by atoms with Gasteiger partial charge < -0.3 is 15.0 Å². The third kappa shape index (κ3) is 3.75. The Hall–Kier alpha value is -2.39. The van der Waals surface area contributed by atoms with E-state index in [9.17, 15) is 9.59 Å². The molecule has 2 unspecified atom stereocenters. The van der Waals surface area contributed by atoms with Crippen molar-refractivity contribution >= 4 is 63.1 Å². The summed E-state index contributed by atoms with van der Waals surface area (Å²) in [5.41, 5.74) is 4.17. The molecule has 8 rings (SSSR count). The second-order valence-electron chi connectivity index (χ2n) is 12.5. The van der Waals surface area contributed by atoms with Gasteiger partial charge in [-0.2, -0.15) is 0 Å². The van der Waals surface area contributed by atoms with Gasteiger partial charge in [0.05, 0.1) is 40.8 Å². The highest BCUT2D eigenvalue weighted by atomic mass is 35.5. The molecule has 210 valence electrons. The first-order valence-electron chi connectivity index (χ1n) is 14.0. The Morgan fingerprint density at radius 1 is 1.15 bits per heavy atom. The second-order valence-corrected chi connectivity index (χ2v) is 14.1. The molecule has 5 heterocycles. The normalized spacial score (nSPS) is 27.3. The number of piperidine rings is 1. The highest BCUT2D eigenvalue weighted by Crippen LogP contribution is 2.63. The van der Waals surface area contributed by atoms with E-state index in [-0.39, 0.29) is 41.5 Å². The summed E-state index contributed by atoms with van der Waals surface area (Å²) >= 11 is 8.26. The molecule has 3 aliphatic heterocycles. The zero-order valence-corrected chi connectivity index (χ0v) is 24.9. The zero-order valence-electron chi connectivity index (χ0n) is 22.5. The van der Waals surface area contributed by atoms with E-state index in [1.165, 1.54) is 24.2 Å². The molecule has 4 fully saturated rings. The number of aromatic nitrogens is 1. The number of likely N-dealkylation sites (tertiary alicyclic amines) is 1. The van der Waals surface area contributed by atoms with Crippen molar-refractivity contribution in [2.75, 3.05) is 24.6 Å². The minimum atomic E-state index is -0.202. The number of carbonyl (C=O) groups excluding carboxylic acids is 2. The summed E-state index contributed by atoms with van der Waals surface area (Å²) in [6.07, 6.45) is 6.82. The summed E-state index contributed by atoms with van der Waals surface area (Å²) in [6, 6.07) is 8.45. The molecular formula is C30H32Cl2N4O3S. The zero-order chi connectivity index (χ0) is 26.7. The van der Waals surface area contributed by atoms with Gasteiger partial charge in [0.15, 0.2) is 0 Å². The predicted octanol–water partition coefficient (Wildman–Crippen LogP) is 5.66. The highest BCUT2D eigenvalue weighted by molar-refractivity contribution is 7.19. The minimum Gasteiger partial charge on any atom is -0.489 e. The fourth-order valence-corrected chi connectivity index (χ4v) is 8.98. The van der Waals surface area contributed by atoms with Crippen LogP contribution in [0.4, 0.5) is 5.69 Å². The van der Waals surface area contributed by atoms with E-state index in [1.807, 2.05) is 44.3 Å². The van der Waals surface area contributed by atoms with Crippen LogP contribution in [0.1, 0.15) is 44.4 Å². The summed E-state index contributed by atoms with van der Waals surface area (Å²) in [7, 11) is 0. The molecule has 2 aromatic heterocycles. The molecule has 5 aliphatic rings. The number of imide groups is 1. The fraction of sp³-hybridized carbons (Fsp3) is 0.500. The van der Waals surface area contributed by atoms with Gasteiger partial charge in [0.2, 0.25) is 11.8 Å². The largest absolute Gasteiger partial charge is 0.489 e. The van der Waals surface area contributed by atoms with Crippen LogP contribution in [0.15, 0.2) is 30.5 Å². The number of nitrogens with one attached hydrogen (secondary N) is 1. The van der Waals surface area contributed by atoms with E-state index in [1.54, 1.807) is 11.3 Å². The van der Waals surface area contributed by atoms with Crippen LogP contribution >= 0.6 is 35.3 Å². The molecule has 0 radical (unpaired) electrons. The van der Waals surface area contributed by atoms with Gasteiger partial charge in [-0.15, -0.1) is 23.7 Å². The van der Waals surface area contributed by atoms with Crippen LogP contribution in [0.3, 0.4) is 0 Å². The van der Waals surface area contributed by atoms with E-state index in [4.69, 9.17) is 16.3 Å². The fourth-order valence-electron chi connectivity index (χ4n) is 7.64. The number of ether oxygens (including phenoxy) is 1. The summed E-state index contributed by atoms with van der Waals surface area (Å²) in [6.45, 7) is 6.79. The number of amides is 2. The van der Waals surface area contributed by atoms with Crippen molar-refractivity contribution in [3.05, 3.63) is 40.4 Å². The summed E-state index contributed by atoms with van der Waals surface area (Å²) in [4.78, 5) is 35.5. The maximum atomic E-state index is 13.0. The molecule has 1 aromatic carbocycles. The molecular weight excluding hydrogens is 567 g/mol. The summed E-state index contributed by atoms with van der Waals surface area (Å²) < 4.78 is 7.20. The molecule has 3 aromatic rings. The number of carbonyl (C=O) groups is 2. The second kappa shape index (κ2) is 9.05. The number of pyridine rings is 1. The number of hydrogen-bond acceptors (Lipinski definition) is 7. The van der Waals surface area contributed by atoms with Gasteiger partial charge >= 0.3 is 0 Å². The number of halogens is 2. The third-order valence-electron chi connectivity index (χ3n) is 9.97. The van der Waals surface area contributed by atoms with E-state index >= 15 is 0 Å². The van der Waals surface area contributed by atoms with Crippen LogP contribution in [0.2, 0.25) is 5.02 Å². The molecule has 2 saturated carbocycles. The van der Waals surface area contributed by atoms with Crippen molar-refractivity contribution in [2.24, 2.45) is 17.3 Å². The monoisotopic (exact) mass is 598 g/mol. The average Bonchev–Trinajstić information content (AvgIpc) is 3.30. The van der Waals surface area contributed by atoms with Crippen molar-refractivity contribution < 1.29 is 14.3 Å². The Bertz CT molecular complexity index is 1540. The van der Waals surface area contributed by atoms with E-state index in [2.05, 4.69) is 15.2 Å². The molecule has 1 N–H and O–H groups in total. The maximum absolute atomic E-state index is 13.0. The van der Waals surface area contributed by atoms with Crippen LogP contribution in [0.5, 0.6) is 5.75 Å². The third-order valence-corrected chi connectivity index (χ3v) is 11.3. The SMILES string of the molecule is CC1(C)C2C(=O)N(Cc3cc4nccc(-c5cc(Cl)cc6c5N([C@@H]5CNC7(CCC7)C5)CCO6)c4s3)C(=O)C21.Cl. The number of benzene rings is 1. The van der Waals surface area contributed by atoms with Gasteiger partial charge in [0.1, 0.15) is 12.4 Å². The number of fused-ring (bicyclic) bond motifs is 3. The number of nitrogens with zero attached hydrogens (tertiary/aromatic N) is 3. The smallest absolute Gasteiger partial charge is 0.234 e. The van der Waals surface area contributed by atoms with Crippen LogP contribution < -0.4 is 15.0 Å². The molecule has 40 heavy (non-hydrogen) atoms. The number of rotatable bonds is 4. The number of hydrogen-bond donors (Lipinski definition) is 1. The quantitative estimate of drug-likeness (QED) is 0.390. The van der Waals surface area contributed by atoms with Gasteiger partial charge in [-0.3, -0.25) is 19.5 Å². The van der Waals surface area contributed by atoms with E-state index in [0.717, 1.165) is 57.2 Å². The van der Waals surface area contributed by atoms with Gasteiger partial charge in [-0.25, -0.2) is 0 Å². The molecule has 3 atom stereocenters. The van der Waals surface area contributed by atoms with Crippen molar-refractivity contribution in [3.63, 3.8) is 0 Å². The van der Waals surface area contributed by atoms with Crippen LogP contribution in [-0.2, 0) is 16.1 Å². The molecule has 2 aliphatic carbocycles. The first kappa shape index (κ1) is 26.5. The Balaban J connectivity index is 0.00000264. The van der Waals surface area contributed by atoms with Gasteiger partial charge in [0, 0.05) is 51.4 Å². The highest BCUT2D eigenvalue weighted by Gasteiger charge is 2.72. The van der Waals surface area contributed by atoms with Crippen molar-refractivity contribution in [1.29, 1.82) is 0 Å². The van der Waals surface area contributed by atoms with Crippen LogP contribution in [-0.4, -0.2) is 53.0 Å². The molecule has 2 amide bonds. The van der Waals surface area contributed by atoms with E-state index in [0.29, 0.717) is 29.8 Å². The number of anilines is 1. The lowest BCUT2D eigenvalue weighted by Crippen LogP contribution is -2.46. The Labute approximate surface area is 248 Å². The Morgan fingerprint density at radius 2 is 1.93 bits per heavy atom. The topological polar surface area (TPSA) is 74.8 Å². The maximum Gasteiger partial charge on any atom is 0.234 e. The Morgan fingerprint density at radius 3 is 2.62 bits per heavy atom. The molecule has 10 heteroatoms. The lowest BCUT2D eigenvalue weighted by molar-refractivity contribution is -0.143. The first-order chi connectivity index (χ1) is 18.8. The molecule has 1 spiro atoms. The lowest BCUT2D eigenvalue weighted by atomic mass is 9.75. The summed E-state index contributed by atoms with van der Waals surface area (Å²) in [5.74, 6) is 0.427. The predicted molar refractivity (Wildman–Crippen MR) is 159 cm³/mol. The summed E-state index contributed by atoms with van der Waals surface area (Å²) in [5, 5.41) is 4.47. The van der Waals surface area contributed by atoms with Gasteiger partial charge in [-0.05, 0) is 49.3 Å². The average molecular weight is 600 g/mol. The van der Waals surface area contributed by atoms with Crippen molar-refractivity contribution in [1.82, 2.24) is 15.2 Å². The first-order valence-corrected chi connectivity index (χ1v) is 15.2. The molecule has 0 bridgehead atoms. The lowest BCUT2D eigenvalue weighted by Gasteiger charge is -2.41. The van der Waals surface area contributed by atoms with Gasteiger partial charge in [-0.1, -0.05) is 25.4 Å². The van der Waals surface area contributed by atoms with Crippen LogP contribution in [0.25, 0.3) is 21.3 Å². The minimum absolute atomic E-state index is 0. The number of thiophene rings is 1.